The van der Waals surface area contributed by atoms with Gasteiger partial charge in [-0.1, -0.05) is 47.2 Å². The van der Waals surface area contributed by atoms with Crippen molar-refractivity contribution in [2.75, 3.05) is 13.1 Å². The molecule has 3 nitrogen and oxygen atoms in total. The second kappa shape index (κ2) is 6.10. The lowest BCUT2D eigenvalue weighted by molar-refractivity contribution is 0.277. The molecule has 1 aromatic rings. The van der Waals surface area contributed by atoms with Gasteiger partial charge in [-0.2, -0.15) is 4.31 Å². The van der Waals surface area contributed by atoms with Crippen LogP contribution in [0.1, 0.15) is 25.3 Å². The molecular weight excluding hydrogens is 373 g/mol. The fourth-order valence-corrected chi connectivity index (χ4v) is 4.62. The minimum atomic E-state index is -3.30. The predicted octanol–water partition coefficient (Wildman–Crippen LogP) is 3.22. The summed E-state index contributed by atoms with van der Waals surface area (Å²) < 4.78 is 27.2. The largest absolute Gasteiger partial charge is 0.243 e. The Labute approximate surface area is 129 Å². The van der Waals surface area contributed by atoms with Crippen molar-refractivity contribution in [3.8, 4) is 0 Å². The minimum Gasteiger partial charge on any atom is -0.207 e. The molecule has 1 aromatic carbocycles. The number of aryl methyl sites for hydroxylation is 1. The van der Waals surface area contributed by atoms with Gasteiger partial charge in [0.2, 0.25) is 10.0 Å². The smallest absolute Gasteiger partial charge is 0.207 e. The molecule has 1 aliphatic heterocycles. The van der Waals surface area contributed by atoms with Gasteiger partial charge in [0.15, 0.2) is 0 Å². The van der Waals surface area contributed by atoms with Gasteiger partial charge in [-0.3, -0.25) is 0 Å². The van der Waals surface area contributed by atoms with Crippen molar-refractivity contribution >= 4 is 32.6 Å². The number of halogens is 1. The van der Waals surface area contributed by atoms with Crippen molar-refractivity contribution in [1.29, 1.82) is 0 Å². The second-order valence-corrected chi connectivity index (χ2v) is 9.13. The molecule has 1 atom stereocenters. The molecule has 0 saturated carbocycles. The van der Waals surface area contributed by atoms with Gasteiger partial charge in [-0.05, 0) is 37.8 Å². The zero-order chi connectivity index (χ0) is 14.0. The van der Waals surface area contributed by atoms with E-state index in [2.05, 4.69) is 29.5 Å². The number of sulfonamides is 1. The van der Waals surface area contributed by atoms with Crippen LogP contribution in [-0.2, 0) is 10.0 Å². The molecule has 2 rings (SSSR count). The Kier molecular flexibility index (Phi) is 4.89. The Hall–Kier alpha value is -0.140. The van der Waals surface area contributed by atoms with Crippen molar-refractivity contribution in [1.82, 2.24) is 4.31 Å². The Morgan fingerprint density at radius 1 is 1.21 bits per heavy atom. The third-order valence-electron chi connectivity index (χ3n) is 3.81. The first kappa shape index (κ1) is 15.3. The number of rotatable bonds is 3. The molecule has 0 spiro atoms. The number of alkyl halides is 1. The fourth-order valence-electron chi connectivity index (χ4n) is 2.43. The fraction of sp³-hybridized carbons (Fsp3) is 0.571. The molecule has 1 fully saturated rings. The van der Waals surface area contributed by atoms with Gasteiger partial charge >= 0.3 is 0 Å². The van der Waals surface area contributed by atoms with Crippen LogP contribution in [0.15, 0.2) is 29.2 Å². The molecule has 0 amide bonds. The molecule has 0 aromatic heterocycles. The van der Waals surface area contributed by atoms with E-state index in [1.807, 2.05) is 19.1 Å². The number of piperidine rings is 1. The van der Waals surface area contributed by atoms with Crippen molar-refractivity contribution < 1.29 is 8.42 Å². The highest BCUT2D eigenvalue weighted by molar-refractivity contribution is 14.1. The Morgan fingerprint density at radius 2 is 1.74 bits per heavy atom. The van der Waals surface area contributed by atoms with Crippen molar-refractivity contribution in [3.05, 3.63) is 29.8 Å². The normalized spacial score (nSPS) is 20.4. The van der Waals surface area contributed by atoms with E-state index < -0.39 is 10.0 Å². The van der Waals surface area contributed by atoms with Crippen LogP contribution >= 0.6 is 22.6 Å². The number of hydrogen-bond acceptors (Lipinski definition) is 2. The number of benzene rings is 1. The van der Waals surface area contributed by atoms with Gasteiger partial charge < -0.3 is 0 Å². The van der Waals surface area contributed by atoms with E-state index in [1.54, 1.807) is 16.4 Å². The van der Waals surface area contributed by atoms with E-state index >= 15 is 0 Å². The van der Waals surface area contributed by atoms with Crippen LogP contribution in [0.25, 0.3) is 0 Å². The van der Waals surface area contributed by atoms with Gasteiger partial charge in [0.1, 0.15) is 0 Å². The van der Waals surface area contributed by atoms with Crippen LogP contribution in [0.3, 0.4) is 0 Å². The van der Waals surface area contributed by atoms with E-state index in [4.69, 9.17) is 0 Å². The average molecular weight is 393 g/mol. The molecule has 5 heteroatoms. The molecule has 1 saturated heterocycles. The molecule has 1 unspecified atom stereocenters. The number of nitrogens with zero attached hydrogens (tertiary/aromatic N) is 1. The number of hydrogen-bond donors (Lipinski definition) is 0. The highest BCUT2D eigenvalue weighted by Crippen LogP contribution is 2.28. The molecule has 0 radical (unpaired) electrons. The SMILES string of the molecule is Cc1ccc(S(=O)(=O)N2CCC(C(C)I)CC2)cc1. The summed E-state index contributed by atoms with van der Waals surface area (Å²) in [4.78, 5) is 0.416. The maximum atomic E-state index is 12.5. The summed E-state index contributed by atoms with van der Waals surface area (Å²) in [6, 6.07) is 7.12. The monoisotopic (exact) mass is 393 g/mol. The van der Waals surface area contributed by atoms with Crippen LogP contribution in [0.2, 0.25) is 0 Å². The summed E-state index contributed by atoms with van der Waals surface area (Å²) in [6.45, 7) is 5.46. The van der Waals surface area contributed by atoms with Crippen LogP contribution in [0.4, 0.5) is 0 Å². The molecule has 0 bridgehead atoms. The maximum absolute atomic E-state index is 12.5. The first-order chi connectivity index (χ1) is 8.91. The molecule has 1 heterocycles. The van der Waals surface area contributed by atoms with Gasteiger partial charge in [0.05, 0.1) is 4.90 Å². The van der Waals surface area contributed by atoms with E-state index in [0.717, 1.165) is 18.4 Å². The predicted molar refractivity (Wildman–Crippen MR) is 86.1 cm³/mol. The Bertz CT molecular complexity index is 517. The lowest BCUT2D eigenvalue weighted by Crippen LogP contribution is -2.39. The summed E-state index contributed by atoms with van der Waals surface area (Å²) in [6.07, 6.45) is 1.93. The zero-order valence-corrected chi connectivity index (χ0v) is 14.3. The van der Waals surface area contributed by atoms with Crippen molar-refractivity contribution in [3.63, 3.8) is 0 Å². The first-order valence-corrected chi connectivity index (χ1v) is 9.30. The van der Waals surface area contributed by atoms with Crippen LogP contribution in [0, 0.1) is 12.8 Å². The summed E-state index contributed by atoms with van der Waals surface area (Å²) in [5.74, 6) is 0.644. The standard InChI is InChI=1S/C14H20INO2S/c1-11-3-5-14(6-4-11)19(17,18)16-9-7-13(8-10-16)12(2)15/h3-6,12-13H,7-10H2,1-2H3. The Balaban J connectivity index is 2.12. The van der Waals surface area contributed by atoms with E-state index in [9.17, 15) is 8.42 Å². The van der Waals surface area contributed by atoms with Crippen LogP contribution in [0.5, 0.6) is 0 Å². The van der Waals surface area contributed by atoms with Gasteiger partial charge in [-0.15, -0.1) is 0 Å². The highest BCUT2D eigenvalue weighted by atomic mass is 127. The van der Waals surface area contributed by atoms with Crippen LogP contribution in [-0.4, -0.2) is 29.7 Å². The lowest BCUT2D eigenvalue weighted by atomic mass is 9.96. The summed E-state index contributed by atoms with van der Waals surface area (Å²) in [5, 5.41) is 0. The van der Waals surface area contributed by atoms with Gasteiger partial charge in [-0.25, -0.2) is 8.42 Å². The third-order valence-corrected chi connectivity index (χ3v) is 6.74. The topological polar surface area (TPSA) is 37.4 Å². The summed E-state index contributed by atoms with van der Waals surface area (Å²) in [7, 11) is -3.30. The second-order valence-electron chi connectivity index (χ2n) is 5.23. The van der Waals surface area contributed by atoms with Crippen molar-refractivity contribution in [2.24, 2.45) is 5.92 Å². The molecular formula is C14H20INO2S. The lowest BCUT2D eigenvalue weighted by Gasteiger charge is -2.32. The molecule has 106 valence electrons. The molecule has 0 aliphatic carbocycles. The summed E-state index contributed by atoms with van der Waals surface area (Å²) in [5.41, 5.74) is 1.08. The summed E-state index contributed by atoms with van der Waals surface area (Å²) >= 11 is 2.44. The molecule has 1 aliphatic rings. The zero-order valence-electron chi connectivity index (χ0n) is 11.3. The first-order valence-electron chi connectivity index (χ1n) is 6.62. The quantitative estimate of drug-likeness (QED) is 0.584. The van der Waals surface area contributed by atoms with Crippen molar-refractivity contribution in [2.45, 2.75) is 35.5 Å². The van der Waals surface area contributed by atoms with Crippen LogP contribution < -0.4 is 0 Å². The molecule has 19 heavy (non-hydrogen) atoms. The molecule has 0 N–H and O–H groups in total. The maximum Gasteiger partial charge on any atom is 0.243 e. The van der Waals surface area contributed by atoms with Gasteiger partial charge in [0.25, 0.3) is 0 Å². The van der Waals surface area contributed by atoms with E-state index in [0.29, 0.717) is 27.8 Å². The highest BCUT2D eigenvalue weighted by Gasteiger charge is 2.30. The van der Waals surface area contributed by atoms with E-state index in [1.165, 1.54) is 0 Å². The third kappa shape index (κ3) is 3.49. The average Bonchev–Trinajstić information content (AvgIpc) is 2.39. The Morgan fingerprint density at radius 3 is 2.21 bits per heavy atom. The minimum absolute atomic E-state index is 0.416. The van der Waals surface area contributed by atoms with E-state index in [-0.39, 0.29) is 0 Å². The van der Waals surface area contributed by atoms with Gasteiger partial charge in [0, 0.05) is 17.0 Å².